The van der Waals surface area contributed by atoms with Gasteiger partial charge in [0.15, 0.2) is 5.57 Å². The van der Waals surface area contributed by atoms with Crippen LogP contribution in [-0.2, 0) is 9.53 Å². The van der Waals surface area contributed by atoms with E-state index in [0.717, 1.165) is 5.69 Å². The summed E-state index contributed by atoms with van der Waals surface area (Å²) in [7, 11) is 1.81. The maximum Gasteiger partial charge on any atom is 0.350 e. The van der Waals surface area contributed by atoms with Gasteiger partial charge in [-0.3, -0.25) is 0 Å². The van der Waals surface area contributed by atoms with Crippen LogP contribution in [0.3, 0.4) is 0 Å². The molecule has 0 saturated heterocycles. The third-order valence-electron chi connectivity index (χ3n) is 2.60. The summed E-state index contributed by atoms with van der Waals surface area (Å²) >= 11 is 0. The van der Waals surface area contributed by atoms with E-state index in [4.69, 9.17) is 10.00 Å². The van der Waals surface area contributed by atoms with Crippen molar-refractivity contribution in [1.82, 2.24) is 0 Å². The zero-order chi connectivity index (χ0) is 13.5. The predicted molar refractivity (Wildman–Crippen MR) is 69.8 cm³/mol. The van der Waals surface area contributed by atoms with E-state index < -0.39 is 5.97 Å². The van der Waals surface area contributed by atoms with Gasteiger partial charge in [0.05, 0.1) is 6.61 Å². The normalized spacial score (nSPS) is 11.2. The maximum absolute atomic E-state index is 11.6. The van der Waals surface area contributed by atoms with Gasteiger partial charge in [-0.1, -0.05) is 18.2 Å². The summed E-state index contributed by atoms with van der Waals surface area (Å²) in [5, 5.41) is 9.05. The minimum absolute atomic E-state index is 0.0307. The Morgan fingerprint density at radius 2 is 2.00 bits per heavy atom. The first-order valence-corrected chi connectivity index (χ1v) is 5.68. The van der Waals surface area contributed by atoms with Gasteiger partial charge in [-0.15, -0.1) is 0 Å². The number of rotatable bonds is 4. The molecule has 0 aliphatic rings. The van der Waals surface area contributed by atoms with Crippen LogP contribution in [0.15, 0.2) is 41.6 Å². The average molecular weight is 244 g/mol. The van der Waals surface area contributed by atoms with E-state index in [2.05, 4.69) is 0 Å². The number of hydrogen-bond acceptors (Lipinski definition) is 4. The zero-order valence-electron chi connectivity index (χ0n) is 10.8. The minimum atomic E-state index is -0.583. The average Bonchev–Trinajstić information content (AvgIpc) is 2.40. The van der Waals surface area contributed by atoms with Crippen molar-refractivity contribution in [2.45, 2.75) is 13.8 Å². The smallest absolute Gasteiger partial charge is 0.350 e. The largest absolute Gasteiger partial charge is 0.462 e. The number of allylic oxidation sites excluding steroid dienone is 1. The Balaban J connectivity index is 3.06. The first-order valence-electron chi connectivity index (χ1n) is 5.68. The molecule has 0 heterocycles. The number of hydrogen-bond donors (Lipinski definition) is 0. The van der Waals surface area contributed by atoms with Gasteiger partial charge in [0.2, 0.25) is 0 Å². The van der Waals surface area contributed by atoms with Gasteiger partial charge in [0.1, 0.15) is 6.07 Å². The number of benzene rings is 1. The van der Waals surface area contributed by atoms with E-state index in [1.165, 1.54) is 0 Å². The third kappa shape index (κ3) is 3.11. The van der Waals surface area contributed by atoms with Crippen molar-refractivity contribution in [1.29, 1.82) is 5.26 Å². The van der Waals surface area contributed by atoms with Crippen LogP contribution in [-0.4, -0.2) is 19.6 Å². The van der Waals surface area contributed by atoms with Gasteiger partial charge >= 0.3 is 5.97 Å². The van der Waals surface area contributed by atoms with E-state index in [0.29, 0.717) is 5.70 Å². The fourth-order valence-corrected chi connectivity index (χ4v) is 1.49. The number of nitriles is 1. The summed E-state index contributed by atoms with van der Waals surface area (Å²) in [6.45, 7) is 3.69. The molecule has 0 amide bonds. The lowest BCUT2D eigenvalue weighted by molar-refractivity contribution is -0.138. The Labute approximate surface area is 107 Å². The number of nitrogens with zero attached hydrogens (tertiary/aromatic N) is 2. The standard InChI is InChI=1S/C14H16N2O2/c1-4-18-14(17)13(10-15)11(2)16(3)12-8-6-5-7-9-12/h5-9H,4H2,1-3H3. The number of anilines is 1. The molecule has 0 unspecified atom stereocenters. The molecule has 0 saturated carbocycles. The van der Waals surface area contributed by atoms with Crippen LogP contribution >= 0.6 is 0 Å². The minimum Gasteiger partial charge on any atom is -0.462 e. The van der Waals surface area contributed by atoms with Crippen molar-refractivity contribution in [3.63, 3.8) is 0 Å². The molecule has 4 heteroatoms. The highest BCUT2D eigenvalue weighted by Gasteiger charge is 2.16. The monoisotopic (exact) mass is 244 g/mol. The Kier molecular flexibility index (Phi) is 4.94. The molecule has 1 aromatic carbocycles. The lowest BCUT2D eigenvalue weighted by Gasteiger charge is -2.20. The molecule has 0 aliphatic carbocycles. The van der Waals surface area contributed by atoms with E-state index in [1.54, 1.807) is 25.8 Å². The summed E-state index contributed by atoms with van der Waals surface area (Å²) in [4.78, 5) is 13.4. The summed E-state index contributed by atoms with van der Waals surface area (Å²) < 4.78 is 4.86. The SMILES string of the molecule is CCOC(=O)C(C#N)=C(C)N(C)c1ccccc1. The van der Waals surface area contributed by atoms with Crippen molar-refractivity contribution in [2.75, 3.05) is 18.6 Å². The molecule has 1 rings (SSSR count). The molecule has 4 nitrogen and oxygen atoms in total. The molecule has 0 aliphatic heterocycles. The molecule has 0 fully saturated rings. The van der Waals surface area contributed by atoms with Crippen molar-refractivity contribution in [3.8, 4) is 6.07 Å². The van der Waals surface area contributed by atoms with Crippen molar-refractivity contribution in [3.05, 3.63) is 41.6 Å². The Bertz CT molecular complexity index is 486. The van der Waals surface area contributed by atoms with Crippen molar-refractivity contribution in [2.24, 2.45) is 0 Å². The summed E-state index contributed by atoms with van der Waals surface area (Å²) in [5.74, 6) is -0.583. The van der Waals surface area contributed by atoms with Crippen LogP contribution in [0.4, 0.5) is 5.69 Å². The van der Waals surface area contributed by atoms with Gasteiger partial charge in [-0.25, -0.2) is 4.79 Å². The number of para-hydroxylation sites is 1. The van der Waals surface area contributed by atoms with E-state index in [-0.39, 0.29) is 12.2 Å². The molecule has 18 heavy (non-hydrogen) atoms. The number of carbonyl (C=O) groups is 1. The second-order valence-corrected chi connectivity index (χ2v) is 3.69. The molecular weight excluding hydrogens is 228 g/mol. The highest BCUT2D eigenvalue weighted by molar-refractivity contribution is 5.94. The first kappa shape index (κ1) is 13.8. The van der Waals surface area contributed by atoms with E-state index in [9.17, 15) is 4.79 Å². The fraction of sp³-hybridized carbons (Fsp3) is 0.286. The molecule has 0 aromatic heterocycles. The predicted octanol–water partition coefficient (Wildman–Crippen LogP) is 2.48. The van der Waals surface area contributed by atoms with Crippen LogP contribution in [0.2, 0.25) is 0 Å². The highest BCUT2D eigenvalue weighted by atomic mass is 16.5. The molecule has 0 bridgehead atoms. The fourth-order valence-electron chi connectivity index (χ4n) is 1.49. The number of ether oxygens (including phenoxy) is 1. The van der Waals surface area contributed by atoms with Crippen LogP contribution < -0.4 is 4.90 Å². The van der Waals surface area contributed by atoms with E-state index >= 15 is 0 Å². The summed E-state index contributed by atoms with van der Waals surface area (Å²) in [6.07, 6.45) is 0. The number of carbonyl (C=O) groups excluding carboxylic acids is 1. The quantitative estimate of drug-likeness (QED) is 0.464. The van der Waals surface area contributed by atoms with Gasteiger partial charge < -0.3 is 9.64 Å². The molecule has 94 valence electrons. The van der Waals surface area contributed by atoms with Gasteiger partial charge in [-0.05, 0) is 26.0 Å². The molecule has 0 radical (unpaired) electrons. The third-order valence-corrected chi connectivity index (χ3v) is 2.60. The second kappa shape index (κ2) is 6.45. The van der Waals surface area contributed by atoms with Crippen molar-refractivity contribution >= 4 is 11.7 Å². The first-order chi connectivity index (χ1) is 8.61. The maximum atomic E-state index is 11.6. The van der Waals surface area contributed by atoms with E-state index in [1.807, 2.05) is 36.4 Å². The van der Waals surface area contributed by atoms with Crippen LogP contribution in [0.25, 0.3) is 0 Å². The Morgan fingerprint density at radius 3 is 2.50 bits per heavy atom. The van der Waals surface area contributed by atoms with Crippen LogP contribution in [0, 0.1) is 11.3 Å². The topological polar surface area (TPSA) is 53.3 Å². The lowest BCUT2D eigenvalue weighted by atomic mass is 10.2. The highest BCUT2D eigenvalue weighted by Crippen LogP contribution is 2.19. The molecular formula is C14H16N2O2. The molecule has 0 spiro atoms. The molecule has 1 aromatic rings. The van der Waals surface area contributed by atoms with Crippen molar-refractivity contribution < 1.29 is 9.53 Å². The second-order valence-electron chi connectivity index (χ2n) is 3.69. The summed E-state index contributed by atoms with van der Waals surface area (Å²) in [6, 6.07) is 11.4. The molecule has 0 atom stereocenters. The van der Waals surface area contributed by atoms with Crippen LogP contribution in [0.1, 0.15) is 13.8 Å². The van der Waals surface area contributed by atoms with Gasteiger partial charge in [0, 0.05) is 18.4 Å². The molecule has 0 N–H and O–H groups in total. The van der Waals surface area contributed by atoms with Gasteiger partial charge in [-0.2, -0.15) is 5.26 Å². The summed E-state index contributed by atoms with van der Waals surface area (Å²) in [5.41, 5.74) is 1.51. The Hall–Kier alpha value is -2.28. The van der Waals surface area contributed by atoms with Gasteiger partial charge in [0.25, 0.3) is 0 Å². The Morgan fingerprint density at radius 1 is 1.39 bits per heavy atom. The lowest BCUT2D eigenvalue weighted by Crippen LogP contribution is -2.19. The zero-order valence-corrected chi connectivity index (χ0v) is 10.8. The number of esters is 1. The van der Waals surface area contributed by atoms with Crippen LogP contribution in [0.5, 0.6) is 0 Å².